The smallest absolute Gasteiger partial charge is 0.362 e. The van der Waals surface area contributed by atoms with E-state index in [-0.39, 0.29) is 16.6 Å². The predicted octanol–water partition coefficient (Wildman–Crippen LogP) is 7.91. The van der Waals surface area contributed by atoms with Crippen LogP contribution in [0.15, 0.2) is 66.7 Å². The van der Waals surface area contributed by atoms with Crippen LogP contribution in [0.2, 0.25) is 0 Å². The standard InChI is InChI=1S/C45H52N2O9/c1-8-34(44(48)49)46(3)18-16-29-24-39(54-7)41-26-33(29)36(46)20-27-10-13-31(14-11-27)55-40-22-28(12-15-38(40)53-6)21-37-43-30(23-32(52-5)25-42(43)56-41)17-19-47(37,4)35(9-2)45(50)51/h10-15,22-26,34-37H,8-9,16-21H2,1-7H3/p+2. The zero-order valence-corrected chi connectivity index (χ0v) is 33.5. The molecule has 0 saturated heterocycles. The van der Waals surface area contributed by atoms with Crippen molar-refractivity contribution in [1.82, 2.24) is 0 Å². The van der Waals surface area contributed by atoms with Gasteiger partial charge in [0.2, 0.25) is 0 Å². The zero-order chi connectivity index (χ0) is 39.9. The Morgan fingerprint density at radius 2 is 1.27 bits per heavy atom. The summed E-state index contributed by atoms with van der Waals surface area (Å²) in [5.74, 6) is 2.38. The van der Waals surface area contributed by atoms with E-state index in [1.807, 2.05) is 87.6 Å². The molecule has 0 saturated carbocycles. The molecule has 0 fully saturated rings. The molecule has 4 aliphatic heterocycles. The first kappa shape index (κ1) is 39.0. The predicted molar refractivity (Wildman–Crippen MR) is 211 cm³/mol. The summed E-state index contributed by atoms with van der Waals surface area (Å²) in [7, 11) is 8.99. The van der Waals surface area contributed by atoms with Crippen molar-refractivity contribution < 1.29 is 52.5 Å². The number of rotatable bonds is 9. The number of aliphatic carboxylic acids is 2. The fourth-order valence-corrected chi connectivity index (χ4v) is 9.85. The Hall–Kier alpha value is -5.26. The molecule has 4 aromatic carbocycles. The third-order valence-electron chi connectivity index (χ3n) is 12.9. The van der Waals surface area contributed by atoms with Gasteiger partial charge in [0.25, 0.3) is 0 Å². The fourth-order valence-electron chi connectivity index (χ4n) is 9.85. The van der Waals surface area contributed by atoms with Crippen molar-refractivity contribution in [3.63, 3.8) is 0 Å². The van der Waals surface area contributed by atoms with Gasteiger partial charge >= 0.3 is 11.9 Å². The first-order valence-electron chi connectivity index (χ1n) is 19.6. The molecule has 4 aliphatic rings. The highest BCUT2D eigenvalue weighted by Gasteiger charge is 2.50. The molecule has 6 atom stereocenters. The third kappa shape index (κ3) is 6.81. The number of fused-ring (bicyclic) bond motifs is 2. The molecule has 0 radical (unpaired) electrons. The molecule has 11 heteroatoms. The summed E-state index contributed by atoms with van der Waals surface area (Å²) in [5.41, 5.74) is 6.06. The second-order valence-electron chi connectivity index (χ2n) is 15.8. The zero-order valence-electron chi connectivity index (χ0n) is 33.5. The van der Waals surface area contributed by atoms with Gasteiger partial charge in [-0.05, 0) is 64.7 Å². The van der Waals surface area contributed by atoms with Crippen LogP contribution in [0.3, 0.4) is 0 Å². The number of likely N-dealkylation sites (N-methyl/N-ethyl adjacent to an activating group) is 2. The van der Waals surface area contributed by atoms with Crippen LogP contribution in [0.5, 0.6) is 40.2 Å². The average molecular weight is 767 g/mol. The van der Waals surface area contributed by atoms with Crippen LogP contribution in [0, 0.1) is 0 Å². The number of ether oxygens (including phenoxy) is 5. The highest BCUT2D eigenvalue weighted by atomic mass is 16.5. The molecule has 0 aromatic heterocycles. The minimum atomic E-state index is -0.841. The second-order valence-corrected chi connectivity index (χ2v) is 15.8. The molecule has 6 bridgehead atoms. The minimum Gasteiger partial charge on any atom is -0.497 e. The summed E-state index contributed by atoms with van der Waals surface area (Å²) in [4.78, 5) is 25.9. The monoisotopic (exact) mass is 766 g/mol. The lowest BCUT2D eigenvalue weighted by molar-refractivity contribution is -0.956. The molecule has 2 N–H and O–H groups in total. The van der Waals surface area contributed by atoms with Crippen molar-refractivity contribution in [1.29, 1.82) is 0 Å². The summed E-state index contributed by atoms with van der Waals surface area (Å²) < 4.78 is 31.8. The summed E-state index contributed by atoms with van der Waals surface area (Å²) in [6.07, 6.45) is 3.30. The Balaban J connectivity index is 1.51. The van der Waals surface area contributed by atoms with Crippen molar-refractivity contribution in [3.8, 4) is 40.2 Å². The van der Waals surface area contributed by atoms with Crippen LogP contribution in [0.4, 0.5) is 0 Å². The number of nitrogens with zero attached hydrogens (tertiary/aromatic N) is 2. The van der Waals surface area contributed by atoms with Gasteiger partial charge in [-0.1, -0.05) is 32.0 Å². The van der Waals surface area contributed by atoms with Crippen molar-refractivity contribution in [2.24, 2.45) is 0 Å². The van der Waals surface area contributed by atoms with Gasteiger partial charge in [0, 0.05) is 50.2 Å². The highest BCUT2D eigenvalue weighted by molar-refractivity contribution is 5.72. The van der Waals surface area contributed by atoms with Crippen LogP contribution in [0.25, 0.3) is 0 Å². The first-order chi connectivity index (χ1) is 26.9. The van der Waals surface area contributed by atoms with E-state index >= 15 is 0 Å². The van der Waals surface area contributed by atoms with Crippen LogP contribution in [-0.4, -0.2) is 91.7 Å². The second kappa shape index (κ2) is 15.3. The maximum atomic E-state index is 13.0. The van der Waals surface area contributed by atoms with Crippen molar-refractivity contribution >= 4 is 11.9 Å². The Labute approximate surface area is 329 Å². The number of methoxy groups -OCH3 is 3. The minimum absolute atomic E-state index is 0.219. The number of benzene rings is 4. The Bertz CT molecular complexity index is 2140. The van der Waals surface area contributed by atoms with Crippen molar-refractivity contribution in [2.75, 3.05) is 48.5 Å². The molecule has 56 heavy (non-hydrogen) atoms. The first-order valence-corrected chi connectivity index (χ1v) is 19.6. The molecule has 11 nitrogen and oxygen atoms in total. The number of carbonyl (C=O) groups is 2. The van der Waals surface area contributed by atoms with E-state index in [9.17, 15) is 19.8 Å². The molecule has 4 heterocycles. The van der Waals surface area contributed by atoms with E-state index in [0.29, 0.717) is 96.3 Å². The normalized spacial score (nSPS) is 23.6. The lowest BCUT2D eigenvalue weighted by Crippen LogP contribution is -2.60. The lowest BCUT2D eigenvalue weighted by atomic mass is 9.83. The lowest BCUT2D eigenvalue weighted by Gasteiger charge is -2.49. The van der Waals surface area contributed by atoms with Gasteiger partial charge in [-0.15, -0.1) is 0 Å². The van der Waals surface area contributed by atoms with Gasteiger partial charge in [0.05, 0.1) is 54.1 Å². The highest BCUT2D eigenvalue weighted by Crippen LogP contribution is 2.50. The van der Waals surface area contributed by atoms with E-state index in [1.165, 1.54) is 0 Å². The van der Waals surface area contributed by atoms with Gasteiger partial charge in [-0.25, -0.2) is 9.59 Å². The van der Waals surface area contributed by atoms with E-state index in [4.69, 9.17) is 23.7 Å². The van der Waals surface area contributed by atoms with E-state index in [1.54, 1.807) is 21.3 Å². The van der Waals surface area contributed by atoms with Gasteiger partial charge in [-0.3, -0.25) is 0 Å². The van der Waals surface area contributed by atoms with Crippen LogP contribution in [-0.2, 0) is 35.3 Å². The number of hydrogen-bond donors (Lipinski definition) is 2. The van der Waals surface area contributed by atoms with Crippen molar-refractivity contribution in [2.45, 2.75) is 76.5 Å². The van der Waals surface area contributed by atoms with Gasteiger partial charge in [0.15, 0.2) is 35.1 Å². The largest absolute Gasteiger partial charge is 0.497 e. The molecule has 4 aromatic rings. The van der Waals surface area contributed by atoms with Gasteiger partial charge in [-0.2, -0.15) is 0 Å². The maximum Gasteiger partial charge on any atom is 0.362 e. The maximum absolute atomic E-state index is 13.0. The quantitative estimate of drug-likeness (QED) is 0.164. The number of quaternary nitrogens is 2. The summed E-state index contributed by atoms with van der Waals surface area (Å²) in [6.45, 7) is 5.12. The molecular formula is C45H54N2O9+2. The summed E-state index contributed by atoms with van der Waals surface area (Å²) >= 11 is 0. The van der Waals surface area contributed by atoms with Crippen molar-refractivity contribution in [3.05, 3.63) is 100 Å². The third-order valence-corrected chi connectivity index (χ3v) is 12.9. The molecular weight excluding hydrogens is 713 g/mol. The Morgan fingerprint density at radius 1 is 0.679 bits per heavy atom. The summed E-state index contributed by atoms with van der Waals surface area (Å²) in [5, 5.41) is 21.2. The summed E-state index contributed by atoms with van der Waals surface area (Å²) in [6, 6.07) is 20.0. The van der Waals surface area contributed by atoms with Crippen LogP contribution < -0.4 is 23.7 Å². The van der Waals surface area contributed by atoms with Crippen LogP contribution in [0.1, 0.15) is 72.2 Å². The van der Waals surface area contributed by atoms with Gasteiger partial charge < -0.3 is 42.9 Å². The van der Waals surface area contributed by atoms with Gasteiger partial charge in [0.1, 0.15) is 29.3 Å². The van der Waals surface area contributed by atoms with E-state index in [0.717, 1.165) is 33.4 Å². The Morgan fingerprint density at radius 3 is 1.88 bits per heavy atom. The SMILES string of the molecule is CCC(C(=O)O)[N+]1(C)CCc2cc(OC)c3cc2C1Cc1ccc(cc1)Oc1cc(ccc1OC)CC1c2c(cc(OC)cc2O3)CC[N+]1(C)C(CC)C(=O)O. The topological polar surface area (TPSA) is 121 Å². The molecule has 0 spiro atoms. The fraction of sp³-hybridized carbons (Fsp3) is 0.422. The molecule has 6 unspecified atom stereocenters. The Kier molecular flexibility index (Phi) is 10.7. The molecule has 296 valence electrons. The van der Waals surface area contributed by atoms with E-state index < -0.39 is 24.0 Å². The van der Waals surface area contributed by atoms with Crippen LogP contribution >= 0.6 is 0 Å². The average Bonchev–Trinajstić information content (AvgIpc) is 3.17. The number of carboxylic acids is 2. The van der Waals surface area contributed by atoms with E-state index in [2.05, 4.69) is 7.05 Å². The number of carboxylic acid groups (broad SMARTS) is 2. The molecule has 0 aliphatic carbocycles. The number of hydrogen-bond acceptors (Lipinski definition) is 7. The molecule has 8 rings (SSSR count). The molecule has 0 amide bonds.